The lowest BCUT2D eigenvalue weighted by Gasteiger charge is -2.31. The maximum atomic E-state index is 11.9. The zero-order chi connectivity index (χ0) is 9.97. The number of β-amino-alcohol motifs (C(OH)–C–C–N with tert-alkyl or cyclic N) is 1. The molecule has 0 spiro atoms. The molecule has 0 bridgehead atoms. The molecule has 0 aliphatic carbocycles. The molecule has 2 heterocycles. The topological polar surface area (TPSA) is 52.6 Å². The fourth-order valence-corrected chi connectivity index (χ4v) is 2.28. The Balaban J connectivity index is 1.89. The van der Waals surface area contributed by atoms with Gasteiger partial charge in [-0.3, -0.25) is 4.79 Å². The van der Waals surface area contributed by atoms with Crippen LogP contribution in [0.3, 0.4) is 0 Å². The average molecular weight is 198 g/mol. The lowest BCUT2D eigenvalue weighted by atomic mass is 10.0. The Morgan fingerprint density at radius 3 is 2.93 bits per heavy atom. The summed E-state index contributed by atoms with van der Waals surface area (Å²) >= 11 is 0. The van der Waals surface area contributed by atoms with Gasteiger partial charge in [-0.25, -0.2) is 0 Å². The van der Waals surface area contributed by atoms with E-state index in [1.165, 1.54) is 0 Å². The summed E-state index contributed by atoms with van der Waals surface area (Å²) in [7, 11) is 0. The molecule has 4 nitrogen and oxygen atoms in total. The number of aliphatic hydroxyl groups excluding tert-OH is 1. The van der Waals surface area contributed by atoms with E-state index >= 15 is 0 Å². The fraction of sp³-hybridized carbons (Fsp3) is 0.900. The van der Waals surface area contributed by atoms with Crippen LogP contribution in [0.2, 0.25) is 0 Å². The molecule has 2 aliphatic rings. The highest BCUT2D eigenvalue weighted by atomic mass is 16.3. The van der Waals surface area contributed by atoms with Gasteiger partial charge in [0.25, 0.3) is 0 Å². The molecule has 80 valence electrons. The van der Waals surface area contributed by atoms with Crippen molar-refractivity contribution in [2.24, 2.45) is 5.92 Å². The molecule has 0 radical (unpaired) electrons. The number of piperidine rings is 1. The molecule has 0 aromatic heterocycles. The smallest absolute Gasteiger partial charge is 0.227 e. The second kappa shape index (κ2) is 4.28. The quantitative estimate of drug-likeness (QED) is 0.601. The zero-order valence-corrected chi connectivity index (χ0v) is 8.41. The Morgan fingerprint density at radius 1 is 1.43 bits per heavy atom. The van der Waals surface area contributed by atoms with Gasteiger partial charge >= 0.3 is 0 Å². The van der Waals surface area contributed by atoms with Crippen LogP contribution in [-0.4, -0.2) is 48.2 Å². The van der Waals surface area contributed by atoms with Crippen molar-refractivity contribution in [1.29, 1.82) is 0 Å². The van der Waals surface area contributed by atoms with Crippen LogP contribution in [0.15, 0.2) is 0 Å². The highest BCUT2D eigenvalue weighted by molar-refractivity contribution is 5.79. The molecular formula is C10H18N2O2. The SMILES string of the molecule is O=C(C1CCNC1)N1CCC[C@H](O)C1. The second-order valence-corrected chi connectivity index (χ2v) is 4.27. The zero-order valence-electron chi connectivity index (χ0n) is 8.41. The van der Waals surface area contributed by atoms with Gasteiger partial charge in [-0.1, -0.05) is 0 Å². The number of hydrogen-bond acceptors (Lipinski definition) is 3. The minimum Gasteiger partial charge on any atom is -0.391 e. The number of amides is 1. The summed E-state index contributed by atoms with van der Waals surface area (Å²) in [4.78, 5) is 13.7. The number of carbonyl (C=O) groups is 1. The molecular weight excluding hydrogens is 180 g/mol. The van der Waals surface area contributed by atoms with E-state index in [4.69, 9.17) is 0 Å². The van der Waals surface area contributed by atoms with Crippen molar-refractivity contribution >= 4 is 5.91 Å². The molecule has 1 amide bonds. The third-order valence-corrected chi connectivity index (χ3v) is 3.12. The van der Waals surface area contributed by atoms with Crippen molar-refractivity contribution in [1.82, 2.24) is 10.2 Å². The van der Waals surface area contributed by atoms with Crippen LogP contribution in [0.1, 0.15) is 19.3 Å². The normalized spacial score (nSPS) is 33.4. The highest BCUT2D eigenvalue weighted by Gasteiger charge is 2.29. The predicted octanol–water partition coefficient (Wildman–Crippen LogP) is -0.421. The molecule has 2 aliphatic heterocycles. The summed E-state index contributed by atoms with van der Waals surface area (Å²) in [6.45, 7) is 3.12. The van der Waals surface area contributed by atoms with Gasteiger partial charge in [-0.15, -0.1) is 0 Å². The summed E-state index contributed by atoms with van der Waals surface area (Å²) in [5.74, 6) is 0.383. The number of nitrogens with one attached hydrogen (secondary N) is 1. The van der Waals surface area contributed by atoms with Gasteiger partial charge in [0.2, 0.25) is 5.91 Å². The summed E-state index contributed by atoms with van der Waals surface area (Å²) in [5.41, 5.74) is 0. The van der Waals surface area contributed by atoms with E-state index < -0.39 is 0 Å². The number of aliphatic hydroxyl groups is 1. The van der Waals surface area contributed by atoms with E-state index in [1.54, 1.807) is 0 Å². The lowest BCUT2D eigenvalue weighted by molar-refractivity contribution is -0.137. The first-order valence-corrected chi connectivity index (χ1v) is 5.45. The first-order chi connectivity index (χ1) is 6.77. The third-order valence-electron chi connectivity index (χ3n) is 3.12. The predicted molar refractivity (Wildman–Crippen MR) is 52.8 cm³/mol. The molecule has 2 rings (SSSR count). The lowest BCUT2D eigenvalue weighted by Crippen LogP contribution is -2.45. The molecule has 1 unspecified atom stereocenters. The fourth-order valence-electron chi connectivity index (χ4n) is 2.28. The van der Waals surface area contributed by atoms with Gasteiger partial charge in [0, 0.05) is 19.6 Å². The maximum absolute atomic E-state index is 11.9. The van der Waals surface area contributed by atoms with E-state index in [9.17, 15) is 9.90 Å². The summed E-state index contributed by atoms with van der Waals surface area (Å²) in [5, 5.41) is 12.7. The van der Waals surface area contributed by atoms with Crippen LogP contribution >= 0.6 is 0 Å². The van der Waals surface area contributed by atoms with Gasteiger partial charge in [0.05, 0.1) is 12.0 Å². The average Bonchev–Trinajstić information content (AvgIpc) is 2.69. The van der Waals surface area contributed by atoms with Crippen LogP contribution in [-0.2, 0) is 4.79 Å². The summed E-state index contributed by atoms with van der Waals surface area (Å²) in [6, 6.07) is 0. The van der Waals surface area contributed by atoms with E-state index in [2.05, 4.69) is 5.32 Å². The van der Waals surface area contributed by atoms with Crippen LogP contribution in [0.4, 0.5) is 0 Å². The Morgan fingerprint density at radius 2 is 2.29 bits per heavy atom. The molecule has 2 fully saturated rings. The van der Waals surface area contributed by atoms with Gasteiger partial charge in [0.1, 0.15) is 0 Å². The van der Waals surface area contributed by atoms with Gasteiger partial charge in [0.15, 0.2) is 0 Å². The van der Waals surface area contributed by atoms with Crippen molar-refractivity contribution in [3.8, 4) is 0 Å². The first-order valence-electron chi connectivity index (χ1n) is 5.45. The van der Waals surface area contributed by atoms with Crippen LogP contribution < -0.4 is 5.32 Å². The minimum absolute atomic E-state index is 0.153. The molecule has 0 aromatic carbocycles. The molecule has 2 N–H and O–H groups in total. The van der Waals surface area contributed by atoms with Crippen molar-refractivity contribution in [2.75, 3.05) is 26.2 Å². The van der Waals surface area contributed by atoms with Gasteiger partial charge < -0.3 is 15.3 Å². The molecule has 0 aromatic rings. The van der Waals surface area contributed by atoms with Crippen molar-refractivity contribution in [2.45, 2.75) is 25.4 Å². The molecule has 4 heteroatoms. The summed E-state index contributed by atoms with van der Waals surface area (Å²) in [6.07, 6.45) is 2.42. The largest absolute Gasteiger partial charge is 0.391 e. The maximum Gasteiger partial charge on any atom is 0.227 e. The first kappa shape index (κ1) is 9.93. The minimum atomic E-state index is -0.304. The van der Waals surface area contributed by atoms with Gasteiger partial charge in [-0.2, -0.15) is 0 Å². The monoisotopic (exact) mass is 198 g/mol. The molecule has 0 saturated carbocycles. The van der Waals surface area contributed by atoms with E-state index in [-0.39, 0.29) is 17.9 Å². The number of nitrogens with zero attached hydrogens (tertiary/aromatic N) is 1. The highest BCUT2D eigenvalue weighted by Crippen LogP contribution is 2.16. The van der Waals surface area contributed by atoms with Crippen molar-refractivity contribution in [3.05, 3.63) is 0 Å². The molecule has 14 heavy (non-hydrogen) atoms. The molecule has 2 atom stereocenters. The van der Waals surface area contributed by atoms with Crippen LogP contribution in [0.5, 0.6) is 0 Å². The van der Waals surface area contributed by atoms with Gasteiger partial charge in [-0.05, 0) is 25.8 Å². The Labute approximate surface area is 84.3 Å². The Kier molecular flexibility index (Phi) is 3.03. The number of rotatable bonds is 1. The van der Waals surface area contributed by atoms with E-state index in [0.29, 0.717) is 6.54 Å². The Hall–Kier alpha value is -0.610. The van der Waals surface area contributed by atoms with Crippen molar-refractivity contribution < 1.29 is 9.90 Å². The molecule has 2 saturated heterocycles. The van der Waals surface area contributed by atoms with E-state index in [1.807, 2.05) is 4.90 Å². The third kappa shape index (κ3) is 2.07. The summed E-state index contributed by atoms with van der Waals surface area (Å²) < 4.78 is 0. The standard InChI is InChI=1S/C10H18N2O2/c13-9-2-1-5-12(7-9)10(14)8-3-4-11-6-8/h8-9,11,13H,1-7H2/t8?,9-/m0/s1. The second-order valence-electron chi connectivity index (χ2n) is 4.27. The van der Waals surface area contributed by atoms with E-state index in [0.717, 1.165) is 38.9 Å². The number of hydrogen-bond donors (Lipinski definition) is 2. The van der Waals surface area contributed by atoms with Crippen LogP contribution in [0, 0.1) is 5.92 Å². The number of likely N-dealkylation sites (tertiary alicyclic amines) is 1. The Bertz CT molecular complexity index is 214. The number of carbonyl (C=O) groups excluding carboxylic acids is 1. The van der Waals surface area contributed by atoms with Crippen LogP contribution in [0.25, 0.3) is 0 Å². The van der Waals surface area contributed by atoms with Crippen molar-refractivity contribution in [3.63, 3.8) is 0 Å².